The van der Waals surface area contributed by atoms with Crippen LogP contribution < -0.4 is 15.2 Å². The van der Waals surface area contributed by atoms with Crippen LogP contribution in [0.4, 0.5) is 4.39 Å². The summed E-state index contributed by atoms with van der Waals surface area (Å²) in [5.41, 5.74) is 7.24. The minimum atomic E-state index is -0.403. The van der Waals surface area contributed by atoms with Crippen molar-refractivity contribution in [3.8, 4) is 11.5 Å². The van der Waals surface area contributed by atoms with Gasteiger partial charge in [0.25, 0.3) is 0 Å². The van der Waals surface area contributed by atoms with Crippen molar-refractivity contribution in [3.05, 3.63) is 57.8 Å². The number of ether oxygens (including phenoxy) is 2. The van der Waals surface area contributed by atoms with Gasteiger partial charge in [-0.25, -0.2) is 4.39 Å². The van der Waals surface area contributed by atoms with Gasteiger partial charge in [-0.2, -0.15) is 0 Å². The van der Waals surface area contributed by atoms with Crippen molar-refractivity contribution in [2.45, 2.75) is 19.6 Å². The second-order valence-electron chi connectivity index (χ2n) is 4.69. The van der Waals surface area contributed by atoms with Crippen molar-refractivity contribution in [1.29, 1.82) is 0 Å². The van der Waals surface area contributed by atoms with E-state index >= 15 is 0 Å². The molecule has 2 rings (SSSR count). The second kappa shape index (κ2) is 6.91. The summed E-state index contributed by atoms with van der Waals surface area (Å²) in [5.74, 6) is 0.453. The molecule has 0 aromatic heterocycles. The molecule has 0 saturated carbocycles. The molecule has 112 valence electrons. The summed E-state index contributed by atoms with van der Waals surface area (Å²) < 4.78 is 25.7. The van der Waals surface area contributed by atoms with Crippen molar-refractivity contribution >= 4 is 15.9 Å². The van der Waals surface area contributed by atoms with Crippen molar-refractivity contribution < 1.29 is 13.9 Å². The first-order chi connectivity index (χ1) is 10.0. The lowest BCUT2D eigenvalue weighted by molar-refractivity contribution is 0.291. The Bertz CT molecular complexity index is 632. The molecule has 0 aliphatic heterocycles. The first-order valence-corrected chi connectivity index (χ1v) is 7.31. The second-order valence-corrected chi connectivity index (χ2v) is 5.61. The van der Waals surface area contributed by atoms with Crippen molar-refractivity contribution in [2.24, 2.45) is 5.73 Å². The Morgan fingerprint density at radius 2 is 2.00 bits per heavy atom. The van der Waals surface area contributed by atoms with Gasteiger partial charge in [-0.15, -0.1) is 0 Å². The number of hydrogen-bond donors (Lipinski definition) is 1. The van der Waals surface area contributed by atoms with Gasteiger partial charge in [-0.05, 0) is 31.2 Å². The number of hydrogen-bond acceptors (Lipinski definition) is 3. The quantitative estimate of drug-likeness (QED) is 0.876. The van der Waals surface area contributed by atoms with E-state index in [0.29, 0.717) is 11.3 Å². The molecular weight excluding hydrogens is 337 g/mol. The summed E-state index contributed by atoms with van der Waals surface area (Å²) in [7, 11) is 1.44. The molecule has 0 aliphatic carbocycles. The van der Waals surface area contributed by atoms with Crippen LogP contribution in [-0.2, 0) is 6.61 Å². The van der Waals surface area contributed by atoms with E-state index in [1.165, 1.54) is 7.11 Å². The van der Waals surface area contributed by atoms with Gasteiger partial charge in [0.15, 0.2) is 11.6 Å². The van der Waals surface area contributed by atoms with E-state index in [1.807, 2.05) is 25.1 Å². The fourth-order valence-corrected chi connectivity index (χ4v) is 2.37. The van der Waals surface area contributed by atoms with Crippen LogP contribution >= 0.6 is 15.9 Å². The molecule has 2 aromatic rings. The highest BCUT2D eigenvalue weighted by molar-refractivity contribution is 9.10. The lowest BCUT2D eigenvalue weighted by Crippen LogP contribution is -2.08. The standard InChI is InChI=1S/C16H17BrFNO2/c1-10(19)13-8-12(17)6-7-14(13)21-9-11-4-3-5-15(20-2)16(11)18/h3-8,10H,9,19H2,1-2H3. The highest BCUT2D eigenvalue weighted by atomic mass is 79.9. The Morgan fingerprint density at radius 1 is 1.24 bits per heavy atom. The van der Waals surface area contributed by atoms with Gasteiger partial charge >= 0.3 is 0 Å². The van der Waals surface area contributed by atoms with Gasteiger partial charge in [-0.3, -0.25) is 0 Å². The van der Waals surface area contributed by atoms with Gasteiger partial charge in [0.2, 0.25) is 0 Å². The molecule has 2 aromatic carbocycles. The van der Waals surface area contributed by atoms with Crippen LogP contribution in [0.5, 0.6) is 11.5 Å². The zero-order valence-electron chi connectivity index (χ0n) is 11.9. The molecule has 0 spiro atoms. The molecule has 3 nitrogen and oxygen atoms in total. The third-order valence-corrected chi connectivity index (χ3v) is 3.60. The van der Waals surface area contributed by atoms with Crippen molar-refractivity contribution in [1.82, 2.24) is 0 Å². The average Bonchev–Trinajstić information content (AvgIpc) is 2.47. The Kier molecular flexibility index (Phi) is 5.20. The Balaban J connectivity index is 2.21. The van der Waals surface area contributed by atoms with E-state index in [1.54, 1.807) is 18.2 Å². The maximum absolute atomic E-state index is 14.1. The first-order valence-electron chi connectivity index (χ1n) is 6.52. The van der Waals surface area contributed by atoms with Crippen molar-refractivity contribution in [2.75, 3.05) is 7.11 Å². The molecule has 0 amide bonds. The molecular formula is C16H17BrFNO2. The van der Waals surface area contributed by atoms with E-state index < -0.39 is 5.82 Å². The first kappa shape index (κ1) is 15.8. The average molecular weight is 354 g/mol. The highest BCUT2D eigenvalue weighted by Gasteiger charge is 2.12. The number of nitrogens with two attached hydrogens (primary N) is 1. The zero-order valence-corrected chi connectivity index (χ0v) is 13.5. The Labute approximate surface area is 132 Å². The summed E-state index contributed by atoms with van der Waals surface area (Å²) >= 11 is 3.40. The minimum Gasteiger partial charge on any atom is -0.494 e. The van der Waals surface area contributed by atoms with Crippen LogP contribution in [0.1, 0.15) is 24.1 Å². The highest BCUT2D eigenvalue weighted by Crippen LogP contribution is 2.29. The lowest BCUT2D eigenvalue weighted by Gasteiger charge is -2.15. The molecule has 0 aliphatic rings. The maximum Gasteiger partial charge on any atom is 0.171 e. The normalized spacial score (nSPS) is 12.0. The molecule has 21 heavy (non-hydrogen) atoms. The smallest absolute Gasteiger partial charge is 0.171 e. The van der Waals surface area contributed by atoms with Crippen LogP contribution in [-0.4, -0.2) is 7.11 Å². The SMILES string of the molecule is COc1cccc(COc2ccc(Br)cc2C(C)N)c1F. The molecule has 0 saturated heterocycles. The maximum atomic E-state index is 14.1. The predicted molar refractivity (Wildman–Crippen MR) is 84.0 cm³/mol. The lowest BCUT2D eigenvalue weighted by atomic mass is 10.1. The molecule has 0 heterocycles. The number of rotatable bonds is 5. The number of halogens is 2. The molecule has 1 unspecified atom stereocenters. The molecule has 0 radical (unpaired) electrons. The fraction of sp³-hybridized carbons (Fsp3) is 0.250. The molecule has 0 bridgehead atoms. The van der Waals surface area contributed by atoms with Gasteiger partial charge in [0, 0.05) is 21.6 Å². The summed E-state index contributed by atoms with van der Waals surface area (Å²) in [6, 6.07) is 10.4. The minimum absolute atomic E-state index is 0.115. The molecule has 5 heteroatoms. The topological polar surface area (TPSA) is 44.5 Å². The van der Waals surface area contributed by atoms with Crippen molar-refractivity contribution in [3.63, 3.8) is 0 Å². The van der Waals surface area contributed by atoms with Crippen LogP contribution in [0.2, 0.25) is 0 Å². The van der Waals surface area contributed by atoms with Crippen LogP contribution in [0.3, 0.4) is 0 Å². The third kappa shape index (κ3) is 3.74. The number of benzene rings is 2. The van der Waals surface area contributed by atoms with E-state index in [2.05, 4.69) is 15.9 Å². The summed E-state index contributed by atoms with van der Waals surface area (Å²) in [6.45, 7) is 1.99. The van der Waals surface area contributed by atoms with Gasteiger partial charge < -0.3 is 15.2 Å². The van der Waals surface area contributed by atoms with Crippen LogP contribution in [0.15, 0.2) is 40.9 Å². The summed E-state index contributed by atoms with van der Waals surface area (Å²) in [6.07, 6.45) is 0. The molecule has 2 N–H and O–H groups in total. The zero-order chi connectivity index (χ0) is 15.4. The molecule has 0 fully saturated rings. The third-order valence-electron chi connectivity index (χ3n) is 3.11. The predicted octanol–water partition coefficient (Wildman–Crippen LogP) is 4.20. The van der Waals surface area contributed by atoms with Gasteiger partial charge in [0.05, 0.1) is 7.11 Å². The summed E-state index contributed by atoms with van der Waals surface area (Å²) in [4.78, 5) is 0. The molecule has 1 atom stereocenters. The monoisotopic (exact) mass is 353 g/mol. The largest absolute Gasteiger partial charge is 0.494 e. The Morgan fingerprint density at radius 3 is 2.67 bits per heavy atom. The van der Waals surface area contributed by atoms with Gasteiger partial charge in [-0.1, -0.05) is 28.1 Å². The fourth-order valence-electron chi connectivity index (χ4n) is 1.99. The van der Waals surface area contributed by atoms with Gasteiger partial charge in [0.1, 0.15) is 12.4 Å². The van der Waals surface area contributed by atoms with E-state index in [0.717, 1.165) is 10.0 Å². The number of methoxy groups -OCH3 is 1. The van der Waals surface area contributed by atoms with E-state index in [9.17, 15) is 4.39 Å². The summed E-state index contributed by atoms with van der Waals surface area (Å²) in [5, 5.41) is 0. The van der Waals surface area contributed by atoms with Crippen LogP contribution in [0, 0.1) is 5.82 Å². The van der Waals surface area contributed by atoms with E-state index in [4.69, 9.17) is 15.2 Å². The van der Waals surface area contributed by atoms with E-state index in [-0.39, 0.29) is 18.4 Å². The Hall–Kier alpha value is -1.59. The van der Waals surface area contributed by atoms with Crippen LogP contribution in [0.25, 0.3) is 0 Å².